The van der Waals surface area contributed by atoms with Gasteiger partial charge in [-0.25, -0.2) is 4.98 Å². The number of nitrogens with zero attached hydrogens (tertiary/aromatic N) is 4. The molecule has 2 aromatic carbocycles. The Morgan fingerprint density at radius 3 is 2.82 bits per heavy atom. The van der Waals surface area contributed by atoms with Gasteiger partial charge in [0.15, 0.2) is 15.8 Å². The molecule has 2 aromatic heterocycles. The molecule has 0 unspecified atom stereocenters. The van der Waals surface area contributed by atoms with E-state index in [2.05, 4.69) is 26.3 Å². The standard InChI is InChI=1S/C27H26ClN5O3S2/c1-34-23-14-20-22(15-24(23)36-9-2-6-33-7-10-35-11-8-33)31-17-18(16-29)26(20)32-19-3-4-25(21(28)13-19)38-27-30-5-12-37-27/h3-5,12-15,17H,2,6-11H2,1H3,(H,31,32). The van der Waals surface area contributed by atoms with Crippen LogP contribution in [0.2, 0.25) is 5.02 Å². The van der Waals surface area contributed by atoms with Crippen molar-refractivity contribution in [2.45, 2.75) is 15.7 Å². The molecule has 0 saturated carbocycles. The number of fused-ring (bicyclic) bond motifs is 1. The van der Waals surface area contributed by atoms with Crippen molar-refractivity contribution < 1.29 is 14.2 Å². The Morgan fingerprint density at radius 2 is 2.08 bits per heavy atom. The molecule has 3 heterocycles. The summed E-state index contributed by atoms with van der Waals surface area (Å²) < 4.78 is 18.1. The molecule has 8 nitrogen and oxygen atoms in total. The average molecular weight is 568 g/mol. The first-order valence-electron chi connectivity index (χ1n) is 12.1. The van der Waals surface area contributed by atoms with Crippen LogP contribution in [0.1, 0.15) is 12.0 Å². The third-order valence-electron chi connectivity index (χ3n) is 6.06. The zero-order chi connectivity index (χ0) is 26.3. The van der Waals surface area contributed by atoms with E-state index in [-0.39, 0.29) is 0 Å². The number of hydrogen-bond donors (Lipinski definition) is 1. The molecule has 0 radical (unpaired) electrons. The summed E-state index contributed by atoms with van der Waals surface area (Å²) in [6.07, 6.45) is 4.23. The second-order valence-electron chi connectivity index (χ2n) is 8.51. The number of ether oxygens (including phenoxy) is 3. The summed E-state index contributed by atoms with van der Waals surface area (Å²) in [6, 6.07) is 11.7. The molecule has 0 amide bonds. The average Bonchev–Trinajstić information content (AvgIpc) is 3.46. The summed E-state index contributed by atoms with van der Waals surface area (Å²) in [6.45, 7) is 5.00. The number of benzene rings is 2. The Bertz CT molecular complexity index is 1440. The first-order chi connectivity index (χ1) is 18.6. The van der Waals surface area contributed by atoms with Gasteiger partial charge in [-0.15, -0.1) is 11.3 Å². The molecule has 0 spiro atoms. The number of pyridine rings is 1. The topological polar surface area (TPSA) is 92.5 Å². The van der Waals surface area contributed by atoms with E-state index >= 15 is 0 Å². The second-order valence-corrected chi connectivity index (χ2v) is 11.1. The minimum absolute atomic E-state index is 0.413. The summed E-state index contributed by atoms with van der Waals surface area (Å²) in [7, 11) is 1.61. The van der Waals surface area contributed by atoms with Crippen LogP contribution in [-0.4, -0.2) is 61.4 Å². The van der Waals surface area contributed by atoms with Gasteiger partial charge in [-0.3, -0.25) is 9.88 Å². The van der Waals surface area contributed by atoms with Gasteiger partial charge in [-0.05, 0) is 30.7 Å². The van der Waals surface area contributed by atoms with E-state index in [9.17, 15) is 5.26 Å². The van der Waals surface area contributed by atoms with Gasteiger partial charge in [0, 0.05) is 59.4 Å². The van der Waals surface area contributed by atoms with Gasteiger partial charge in [-0.1, -0.05) is 23.4 Å². The third kappa shape index (κ3) is 6.31. The molecule has 1 fully saturated rings. The predicted octanol–water partition coefficient (Wildman–Crippen LogP) is 6.22. The van der Waals surface area contributed by atoms with Crippen LogP contribution in [0.3, 0.4) is 0 Å². The highest BCUT2D eigenvalue weighted by Crippen LogP contribution is 2.39. The maximum absolute atomic E-state index is 9.80. The fourth-order valence-electron chi connectivity index (χ4n) is 4.15. The molecule has 1 aliphatic rings. The fraction of sp³-hybridized carbons (Fsp3) is 0.296. The Hall–Kier alpha value is -3.07. The fourth-order valence-corrected chi connectivity index (χ4v) is 6.03. The van der Waals surface area contributed by atoms with Crippen LogP contribution in [0.15, 0.2) is 57.3 Å². The van der Waals surface area contributed by atoms with Gasteiger partial charge in [0.25, 0.3) is 0 Å². The van der Waals surface area contributed by atoms with Crippen LogP contribution in [-0.2, 0) is 4.74 Å². The van der Waals surface area contributed by atoms with Crippen molar-refractivity contribution in [2.24, 2.45) is 0 Å². The van der Waals surface area contributed by atoms with Gasteiger partial charge >= 0.3 is 0 Å². The highest BCUT2D eigenvalue weighted by molar-refractivity contribution is 8.01. The van der Waals surface area contributed by atoms with Gasteiger partial charge in [0.1, 0.15) is 6.07 Å². The lowest BCUT2D eigenvalue weighted by molar-refractivity contribution is 0.0357. The summed E-state index contributed by atoms with van der Waals surface area (Å²) >= 11 is 9.65. The molecule has 11 heteroatoms. The monoisotopic (exact) mass is 567 g/mol. The van der Waals surface area contributed by atoms with Crippen LogP contribution in [0.5, 0.6) is 11.5 Å². The quantitative estimate of drug-likeness (QED) is 0.224. The molecular formula is C27H26ClN5O3S2. The number of hydrogen-bond acceptors (Lipinski definition) is 10. The highest BCUT2D eigenvalue weighted by atomic mass is 35.5. The molecule has 0 atom stereocenters. The maximum atomic E-state index is 9.80. The van der Waals surface area contributed by atoms with E-state index in [1.165, 1.54) is 11.8 Å². The first-order valence-corrected chi connectivity index (χ1v) is 14.2. The summed E-state index contributed by atoms with van der Waals surface area (Å²) in [5, 5.41) is 16.4. The Balaban J connectivity index is 1.35. The number of methoxy groups -OCH3 is 1. The van der Waals surface area contributed by atoms with E-state index in [0.717, 1.165) is 59.6 Å². The smallest absolute Gasteiger partial charge is 0.163 e. The lowest BCUT2D eigenvalue weighted by Crippen LogP contribution is -2.37. The second kappa shape index (κ2) is 12.7. The van der Waals surface area contributed by atoms with Crippen molar-refractivity contribution in [2.75, 3.05) is 51.9 Å². The van der Waals surface area contributed by atoms with E-state index in [1.54, 1.807) is 30.8 Å². The lowest BCUT2D eigenvalue weighted by Gasteiger charge is -2.26. The van der Waals surface area contributed by atoms with E-state index in [4.69, 9.17) is 25.8 Å². The SMILES string of the molecule is COc1cc2c(Nc3ccc(Sc4nccs4)c(Cl)c3)c(C#N)cnc2cc1OCCCN1CCOCC1. The molecule has 1 saturated heterocycles. The Labute approximate surface area is 234 Å². The Morgan fingerprint density at radius 1 is 1.21 bits per heavy atom. The third-order valence-corrected chi connectivity index (χ3v) is 8.45. The normalized spacial score (nSPS) is 13.8. The molecule has 5 rings (SSSR count). The molecule has 4 aromatic rings. The number of morpholine rings is 1. The van der Waals surface area contributed by atoms with Gasteiger partial charge < -0.3 is 19.5 Å². The van der Waals surface area contributed by atoms with Crippen molar-refractivity contribution in [1.29, 1.82) is 5.26 Å². The lowest BCUT2D eigenvalue weighted by atomic mass is 10.1. The molecule has 1 N–H and O–H groups in total. The van der Waals surface area contributed by atoms with Crippen LogP contribution < -0.4 is 14.8 Å². The highest BCUT2D eigenvalue weighted by Gasteiger charge is 2.16. The summed E-state index contributed by atoms with van der Waals surface area (Å²) in [5.41, 5.74) is 2.49. The van der Waals surface area contributed by atoms with Crippen molar-refractivity contribution in [3.05, 3.63) is 58.7 Å². The molecule has 0 aliphatic carbocycles. The predicted molar refractivity (Wildman–Crippen MR) is 151 cm³/mol. The number of halogens is 1. The number of nitriles is 1. The van der Waals surface area contributed by atoms with E-state index in [1.807, 2.05) is 35.7 Å². The molecule has 38 heavy (non-hydrogen) atoms. The largest absolute Gasteiger partial charge is 0.493 e. The molecule has 1 aliphatic heterocycles. The Kier molecular flexibility index (Phi) is 8.83. The minimum Gasteiger partial charge on any atom is -0.493 e. The molecular weight excluding hydrogens is 542 g/mol. The summed E-state index contributed by atoms with van der Waals surface area (Å²) in [4.78, 5) is 12.1. The number of aromatic nitrogens is 2. The molecule has 0 bridgehead atoms. The van der Waals surface area contributed by atoms with Crippen LogP contribution in [0.25, 0.3) is 10.9 Å². The first kappa shape index (κ1) is 26.5. The number of thiazole rings is 1. The van der Waals surface area contributed by atoms with Gasteiger partial charge in [-0.2, -0.15) is 5.26 Å². The molecule has 196 valence electrons. The van der Waals surface area contributed by atoms with Gasteiger partial charge in [0.2, 0.25) is 0 Å². The van der Waals surface area contributed by atoms with Crippen molar-refractivity contribution in [1.82, 2.24) is 14.9 Å². The van der Waals surface area contributed by atoms with Gasteiger partial charge in [0.05, 0.1) is 48.7 Å². The zero-order valence-electron chi connectivity index (χ0n) is 20.8. The maximum Gasteiger partial charge on any atom is 0.163 e. The summed E-state index contributed by atoms with van der Waals surface area (Å²) in [5.74, 6) is 1.20. The van der Waals surface area contributed by atoms with Crippen LogP contribution >= 0.6 is 34.7 Å². The number of nitrogens with one attached hydrogen (secondary N) is 1. The van der Waals surface area contributed by atoms with Crippen molar-refractivity contribution >= 4 is 57.0 Å². The number of anilines is 2. The van der Waals surface area contributed by atoms with Crippen molar-refractivity contribution in [3.63, 3.8) is 0 Å². The van der Waals surface area contributed by atoms with E-state index in [0.29, 0.717) is 39.9 Å². The van der Waals surface area contributed by atoms with Crippen LogP contribution in [0.4, 0.5) is 11.4 Å². The minimum atomic E-state index is 0.413. The van der Waals surface area contributed by atoms with E-state index < -0.39 is 0 Å². The van der Waals surface area contributed by atoms with Crippen LogP contribution in [0, 0.1) is 11.3 Å². The van der Waals surface area contributed by atoms with Crippen molar-refractivity contribution in [3.8, 4) is 17.6 Å². The number of rotatable bonds is 10. The zero-order valence-corrected chi connectivity index (χ0v) is 23.2.